The summed E-state index contributed by atoms with van der Waals surface area (Å²) in [6.45, 7) is 4.65. The summed E-state index contributed by atoms with van der Waals surface area (Å²) >= 11 is 0. The number of rotatable bonds is 3. The SMILES string of the molecule is CCCN1CCC2c3cccc(OC(=O)N(C)C)c3CCC21. The summed E-state index contributed by atoms with van der Waals surface area (Å²) in [5.74, 6) is 1.36. The predicted octanol–water partition coefficient (Wildman–Crippen LogP) is 3.26. The fourth-order valence-corrected chi connectivity index (χ4v) is 4.00. The van der Waals surface area contributed by atoms with Crippen molar-refractivity contribution in [3.63, 3.8) is 0 Å². The highest BCUT2D eigenvalue weighted by atomic mass is 16.6. The van der Waals surface area contributed by atoms with Crippen LogP contribution in [0, 0.1) is 0 Å². The standard InChI is InChI=1S/C18H26N2O2/c1-4-11-20-12-10-14-13-6-5-7-17(22-18(21)19(2)3)15(13)8-9-16(14)20/h5-7,14,16H,4,8-12H2,1-3H3. The van der Waals surface area contributed by atoms with Crippen molar-refractivity contribution in [1.82, 2.24) is 9.80 Å². The van der Waals surface area contributed by atoms with Gasteiger partial charge < -0.3 is 9.64 Å². The van der Waals surface area contributed by atoms with Crippen LogP contribution in [0.2, 0.25) is 0 Å². The van der Waals surface area contributed by atoms with Gasteiger partial charge in [0.2, 0.25) is 0 Å². The lowest BCUT2D eigenvalue weighted by Crippen LogP contribution is -2.35. The van der Waals surface area contributed by atoms with E-state index in [4.69, 9.17) is 4.74 Å². The Kier molecular flexibility index (Phi) is 4.39. The lowest BCUT2D eigenvalue weighted by Gasteiger charge is -2.34. The maximum absolute atomic E-state index is 11.9. The van der Waals surface area contributed by atoms with Crippen molar-refractivity contribution in [3.05, 3.63) is 29.3 Å². The van der Waals surface area contributed by atoms with E-state index in [1.807, 2.05) is 12.1 Å². The average Bonchev–Trinajstić information content (AvgIpc) is 2.91. The van der Waals surface area contributed by atoms with Gasteiger partial charge in [0.1, 0.15) is 5.75 Å². The lowest BCUT2D eigenvalue weighted by molar-refractivity contribution is 0.170. The molecule has 2 atom stereocenters. The Bertz CT molecular complexity index is 556. The minimum Gasteiger partial charge on any atom is -0.410 e. The van der Waals surface area contributed by atoms with E-state index in [9.17, 15) is 4.79 Å². The second-order valence-electron chi connectivity index (χ2n) is 6.62. The van der Waals surface area contributed by atoms with Crippen molar-refractivity contribution >= 4 is 6.09 Å². The van der Waals surface area contributed by atoms with Gasteiger partial charge in [0, 0.05) is 26.1 Å². The van der Waals surface area contributed by atoms with E-state index in [1.165, 1.54) is 48.4 Å². The Hall–Kier alpha value is -1.55. The number of likely N-dealkylation sites (tertiary alicyclic amines) is 1. The average molecular weight is 302 g/mol. The van der Waals surface area contributed by atoms with E-state index < -0.39 is 0 Å². The summed E-state index contributed by atoms with van der Waals surface area (Å²) in [5.41, 5.74) is 2.65. The Morgan fingerprint density at radius 2 is 2.18 bits per heavy atom. The van der Waals surface area contributed by atoms with Crippen LogP contribution in [0.3, 0.4) is 0 Å². The van der Waals surface area contributed by atoms with Gasteiger partial charge in [-0.2, -0.15) is 0 Å². The van der Waals surface area contributed by atoms with Crippen LogP contribution in [0.4, 0.5) is 4.79 Å². The molecule has 1 aromatic rings. The number of hydrogen-bond acceptors (Lipinski definition) is 3. The van der Waals surface area contributed by atoms with Gasteiger partial charge >= 0.3 is 6.09 Å². The second-order valence-corrected chi connectivity index (χ2v) is 6.62. The Labute approximate surface area is 133 Å². The minimum absolute atomic E-state index is 0.297. The molecule has 0 saturated carbocycles. The molecule has 0 bridgehead atoms. The first-order valence-electron chi connectivity index (χ1n) is 8.36. The van der Waals surface area contributed by atoms with Crippen LogP contribution in [-0.2, 0) is 6.42 Å². The van der Waals surface area contributed by atoms with Gasteiger partial charge in [-0.15, -0.1) is 0 Å². The first-order chi connectivity index (χ1) is 10.6. The molecule has 0 aromatic heterocycles. The zero-order valence-corrected chi connectivity index (χ0v) is 13.8. The smallest absolute Gasteiger partial charge is 0.410 e. The van der Waals surface area contributed by atoms with Crippen LogP contribution >= 0.6 is 0 Å². The molecule has 22 heavy (non-hydrogen) atoms. The first kappa shape index (κ1) is 15.3. The molecule has 1 aliphatic carbocycles. The molecule has 1 aliphatic heterocycles. The van der Waals surface area contributed by atoms with Crippen LogP contribution in [0.1, 0.15) is 43.2 Å². The van der Waals surface area contributed by atoms with Crippen molar-refractivity contribution < 1.29 is 9.53 Å². The molecule has 1 amide bonds. The van der Waals surface area contributed by atoms with Gasteiger partial charge in [-0.1, -0.05) is 19.1 Å². The summed E-state index contributed by atoms with van der Waals surface area (Å²) in [6.07, 6.45) is 4.33. The van der Waals surface area contributed by atoms with E-state index in [0.717, 1.165) is 12.2 Å². The Morgan fingerprint density at radius 3 is 2.91 bits per heavy atom. The van der Waals surface area contributed by atoms with Crippen LogP contribution in [0.5, 0.6) is 5.75 Å². The van der Waals surface area contributed by atoms with E-state index in [-0.39, 0.29) is 6.09 Å². The lowest BCUT2D eigenvalue weighted by atomic mass is 9.79. The largest absolute Gasteiger partial charge is 0.414 e. The number of benzene rings is 1. The number of hydrogen-bond donors (Lipinski definition) is 0. The first-order valence-corrected chi connectivity index (χ1v) is 8.36. The fourth-order valence-electron chi connectivity index (χ4n) is 4.00. The molecule has 0 N–H and O–H groups in total. The number of carbonyl (C=O) groups excluding carboxylic acids is 1. The summed E-state index contributed by atoms with van der Waals surface area (Å²) in [5, 5.41) is 0. The quantitative estimate of drug-likeness (QED) is 0.859. The van der Waals surface area contributed by atoms with E-state index in [0.29, 0.717) is 12.0 Å². The van der Waals surface area contributed by atoms with Gasteiger partial charge in [0.05, 0.1) is 0 Å². The summed E-state index contributed by atoms with van der Waals surface area (Å²) in [6, 6.07) is 6.86. The second kappa shape index (κ2) is 6.29. The molecule has 0 radical (unpaired) electrons. The van der Waals surface area contributed by atoms with Gasteiger partial charge in [-0.25, -0.2) is 4.79 Å². The molecule has 3 rings (SSSR count). The molecule has 2 unspecified atom stereocenters. The fraction of sp³-hybridized carbons (Fsp3) is 0.611. The van der Waals surface area contributed by atoms with Gasteiger partial charge in [0.25, 0.3) is 0 Å². The normalized spacial score (nSPS) is 23.8. The zero-order valence-electron chi connectivity index (χ0n) is 13.8. The molecular weight excluding hydrogens is 276 g/mol. The third kappa shape index (κ3) is 2.72. The van der Waals surface area contributed by atoms with Crippen LogP contribution < -0.4 is 4.74 Å². The van der Waals surface area contributed by atoms with Gasteiger partial charge in [-0.3, -0.25) is 4.90 Å². The molecule has 4 heteroatoms. The molecule has 1 saturated heterocycles. The summed E-state index contributed by atoms with van der Waals surface area (Å²) in [7, 11) is 3.43. The molecule has 4 nitrogen and oxygen atoms in total. The third-order valence-electron chi connectivity index (χ3n) is 4.99. The number of fused-ring (bicyclic) bond motifs is 3. The van der Waals surface area contributed by atoms with Crippen LogP contribution in [0.15, 0.2) is 18.2 Å². The highest BCUT2D eigenvalue weighted by Gasteiger charge is 2.39. The zero-order chi connectivity index (χ0) is 15.7. The molecule has 2 aliphatic rings. The molecule has 0 spiro atoms. The van der Waals surface area contributed by atoms with Gasteiger partial charge in [0.15, 0.2) is 0 Å². The monoisotopic (exact) mass is 302 g/mol. The molecule has 1 heterocycles. The number of nitrogens with zero attached hydrogens (tertiary/aromatic N) is 2. The van der Waals surface area contributed by atoms with E-state index in [1.54, 1.807) is 14.1 Å². The highest BCUT2D eigenvalue weighted by molar-refractivity contribution is 5.70. The topological polar surface area (TPSA) is 32.8 Å². The van der Waals surface area contributed by atoms with Crippen molar-refractivity contribution in [2.75, 3.05) is 27.2 Å². The number of ether oxygens (including phenoxy) is 1. The van der Waals surface area contributed by atoms with E-state index >= 15 is 0 Å². The summed E-state index contributed by atoms with van der Waals surface area (Å²) < 4.78 is 5.57. The Balaban J connectivity index is 1.85. The molecule has 1 fully saturated rings. The van der Waals surface area contributed by atoms with Crippen molar-refractivity contribution in [3.8, 4) is 5.75 Å². The highest BCUT2D eigenvalue weighted by Crippen LogP contribution is 2.44. The predicted molar refractivity (Wildman–Crippen MR) is 87.5 cm³/mol. The van der Waals surface area contributed by atoms with Crippen molar-refractivity contribution in [2.24, 2.45) is 0 Å². The Morgan fingerprint density at radius 1 is 1.36 bits per heavy atom. The van der Waals surface area contributed by atoms with Crippen molar-refractivity contribution in [2.45, 2.75) is 44.6 Å². The maximum Gasteiger partial charge on any atom is 0.414 e. The van der Waals surface area contributed by atoms with E-state index in [2.05, 4.69) is 17.9 Å². The van der Waals surface area contributed by atoms with Crippen LogP contribution in [0.25, 0.3) is 0 Å². The number of amides is 1. The van der Waals surface area contributed by atoms with Gasteiger partial charge in [-0.05, 0) is 56.0 Å². The maximum atomic E-state index is 11.9. The third-order valence-corrected chi connectivity index (χ3v) is 4.99. The van der Waals surface area contributed by atoms with Crippen molar-refractivity contribution in [1.29, 1.82) is 0 Å². The molecule has 1 aromatic carbocycles. The molecule has 120 valence electrons. The minimum atomic E-state index is -0.297. The summed E-state index contributed by atoms with van der Waals surface area (Å²) in [4.78, 5) is 16.0. The van der Waals surface area contributed by atoms with Crippen LogP contribution in [-0.4, -0.2) is 49.1 Å². The number of carbonyl (C=O) groups is 1. The molecular formula is C18H26N2O2.